The van der Waals surface area contributed by atoms with Crippen molar-refractivity contribution in [1.82, 2.24) is 4.90 Å². The number of carbonyl (C=O) groups excluding carboxylic acids is 1. The second-order valence-corrected chi connectivity index (χ2v) is 8.59. The molecule has 0 unspecified atom stereocenters. The van der Waals surface area contributed by atoms with Gasteiger partial charge in [-0.3, -0.25) is 9.52 Å². The van der Waals surface area contributed by atoms with Gasteiger partial charge in [0.05, 0.1) is 17.7 Å². The summed E-state index contributed by atoms with van der Waals surface area (Å²) in [5.74, 6) is 0.561. The van der Waals surface area contributed by atoms with E-state index in [0.29, 0.717) is 23.4 Å². The summed E-state index contributed by atoms with van der Waals surface area (Å²) < 4.78 is 33.0. The lowest BCUT2D eigenvalue weighted by Crippen LogP contribution is -2.27. The van der Waals surface area contributed by atoms with Crippen molar-refractivity contribution in [2.24, 2.45) is 0 Å². The summed E-state index contributed by atoms with van der Waals surface area (Å²) in [6, 6.07) is 20.6. The molecule has 0 radical (unpaired) electrons. The fraction of sp³-hybridized carbons (Fsp3) is 0.174. The summed E-state index contributed by atoms with van der Waals surface area (Å²) in [5, 5.41) is 0. The van der Waals surface area contributed by atoms with Crippen LogP contribution < -0.4 is 9.46 Å². The second-order valence-electron chi connectivity index (χ2n) is 6.91. The van der Waals surface area contributed by atoms with Crippen LogP contribution in [0.2, 0.25) is 0 Å². The fourth-order valence-corrected chi connectivity index (χ4v) is 4.21. The molecule has 156 valence electrons. The first-order valence-corrected chi connectivity index (χ1v) is 10.9. The topological polar surface area (TPSA) is 75.7 Å². The third-order valence-corrected chi connectivity index (χ3v) is 6.17. The molecule has 0 saturated carbocycles. The van der Waals surface area contributed by atoms with Crippen molar-refractivity contribution < 1.29 is 17.9 Å². The van der Waals surface area contributed by atoms with Crippen LogP contribution in [0.15, 0.2) is 77.7 Å². The Balaban J connectivity index is 1.80. The monoisotopic (exact) mass is 424 g/mol. The highest BCUT2D eigenvalue weighted by Crippen LogP contribution is 2.24. The molecule has 0 aliphatic rings. The molecule has 0 aliphatic carbocycles. The Kier molecular flexibility index (Phi) is 6.42. The van der Waals surface area contributed by atoms with Crippen LogP contribution in [-0.4, -0.2) is 33.4 Å². The number of benzene rings is 3. The van der Waals surface area contributed by atoms with Gasteiger partial charge >= 0.3 is 0 Å². The molecule has 3 aromatic carbocycles. The smallest absolute Gasteiger partial charge is 0.261 e. The highest BCUT2D eigenvalue weighted by Gasteiger charge is 2.19. The van der Waals surface area contributed by atoms with Crippen LogP contribution in [0.5, 0.6) is 5.75 Å². The molecule has 3 aromatic rings. The van der Waals surface area contributed by atoms with Gasteiger partial charge in [-0.2, -0.15) is 0 Å². The summed E-state index contributed by atoms with van der Waals surface area (Å²) in [4.78, 5) is 14.8. The zero-order valence-electron chi connectivity index (χ0n) is 17.1. The highest BCUT2D eigenvalue weighted by atomic mass is 32.2. The molecule has 0 aromatic heterocycles. The van der Waals surface area contributed by atoms with Crippen molar-refractivity contribution >= 4 is 21.6 Å². The lowest BCUT2D eigenvalue weighted by atomic mass is 10.1. The van der Waals surface area contributed by atoms with E-state index < -0.39 is 10.0 Å². The van der Waals surface area contributed by atoms with E-state index in [-0.39, 0.29) is 10.8 Å². The molecule has 0 bridgehead atoms. The predicted octanol–water partition coefficient (Wildman–Crippen LogP) is 4.08. The van der Waals surface area contributed by atoms with Crippen molar-refractivity contribution in [1.29, 1.82) is 0 Å². The van der Waals surface area contributed by atoms with E-state index in [2.05, 4.69) is 4.72 Å². The molecule has 30 heavy (non-hydrogen) atoms. The van der Waals surface area contributed by atoms with E-state index in [1.165, 1.54) is 12.1 Å². The number of methoxy groups -OCH3 is 1. The van der Waals surface area contributed by atoms with Gasteiger partial charge < -0.3 is 9.64 Å². The fourth-order valence-electron chi connectivity index (χ4n) is 3.06. The van der Waals surface area contributed by atoms with Crippen LogP contribution in [0.1, 0.15) is 21.5 Å². The number of sulfonamides is 1. The Morgan fingerprint density at radius 3 is 2.27 bits per heavy atom. The van der Waals surface area contributed by atoms with E-state index in [0.717, 1.165) is 11.3 Å². The van der Waals surface area contributed by atoms with E-state index in [1.54, 1.807) is 62.4 Å². The highest BCUT2D eigenvalue weighted by molar-refractivity contribution is 7.92. The number of hydrogen-bond acceptors (Lipinski definition) is 4. The Morgan fingerprint density at radius 2 is 1.63 bits per heavy atom. The minimum absolute atomic E-state index is 0.165. The van der Waals surface area contributed by atoms with Gasteiger partial charge in [-0.15, -0.1) is 0 Å². The van der Waals surface area contributed by atoms with Gasteiger partial charge in [-0.25, -0.2) is 8.42 Å². The Labute approximate surface area is 177 Å². The first-order valence-electron chi connectivity index (χ1n) is 9.37. The van der Waals surface area contributed by atoms with Crippen LogP contribution >= 0.6 is 0 Å². The minimum atomic E-state index is -3.74. The minimum Gasteiger partial charge on any atom is -0.497 e. The normalized spacial score (nSPS) is 11.0. The predicted molar refractivity (Wildman–Crippen MR) is 117 cm³/mol. The summed E-state index contributed by atoms with van der Waals surface area (Å²) >= 11 is 0. The standard InChI is InChI=1S/C23H24N2O4S/c1-17-21(23(26)25(2)16-18-12-14-19(29-3)15-13-18)10-7-11-22(17)24-30(27,28)20-8-5-4-6-9-20/h4-15,24H,16H2,1-3H3. The Morgan fingerprint density at radius 1 is 0.967 bits per heavy atom. The first-order chi connectivity index (χ1) is 14.3. The molecular weight excluding hydrogens is 400 g/mol. The molecule has 1 N–H and O–H groups in total. The zero-order valence-corrected chi connectivity index (χ0v) is 17.9. The maximum atomic E-state index is 13.0. The summed E-state index contributed by atoms with van der Waals surface area (Å²) in [5.41, 5.74) is 2.36. The van der Waals surface area contributed by atoms with Gasteiger partial charge in [0.2, 0.25) is 0 Å². The third-order valence-electron chi connectivity index (χ3n) is 4.79. The number of nitrogens with one attached hydrogen (secondary N) is 1. The first kappa shape index (κ1) is 21.4. The van der Waals surface area contributed by atoms with Crippen molar-refractivity contribution in [3.05, 3.63) is 89.5 Å². The zero-order chi connectivity index (χ0) is 21.7. The average Bonchev–Trinajstić information content (AvgIpc) is 2.76. The molecule has 0 saturated heterocycles. The maximum Gasteiger partial charge on any atom is 0.261 e. The number of hydrogen-bond donors (Lipinski definition) is 1. The van der Waals surface area contributed by atoms with Crippen LogP contribution in [0, 0.1) is 6.92 Å². The molecule has 0 spiro atoms. The van der Waals surface area contributed by atoms with Crippen molar-refractivity contribution in [3.63, 3.8) is 0 Å². The van der Waals surface area contributed by atoms with E-state index in [9.17, 15) is 13.2 Å². The van der Waals surface area contributed by atoms with Gasteiger partial charge in [-0.05, 0) is 54.4 Å². The number of amides is 1. The molecule has 7 heteroatoms. The molecular formula is C23H24N2O4S. The second kappa shape index (κ2) is 9.00. The largest absolute Gasteiger partial charge is 0.497 e. The summed E-state index contributed by atoms with van der Waals surface area (Å²) in [6.45, 7) is 2.15. The average molecular weight is 425 g/mol. The molecule has 1 amide bonds. The molecule has 3 rings (SSSR count). The molecule has 0 atom stereocenters. The van der Waals surface area contributed by atoms with E-state index in [1.807, 2.05) is 24.3 Å². The van der Waals surface area contributed by atoms with Gasteiger partial charge in [0.1, 0.15) is 5.75 Å². The maximum absolute atomic E-state index is 13.0. The van der Waals surface area contributed by atoms with E-state index >= 15 is 0 Å². The van der Waals surface area contributed by atoms with Gasteiger partial charge in [0.15, 0.2) is 0 Å². The van der Waals surface area contributed by atoms with Crippen LogP contribution in [0.25, 0.3) is 0 Å². The summed E-state index contributed by atoms with van der Waals surface area (Å²) in [7, 11) is -0.422. The number of nitrogens with zero attached hydrogens (tertiary/aromatic N) is 1. The number of ether oxygens (including phenoxy) is 1. The summed E-state index contributed by atoms with van der Waals surface area (Å²) in [6.07, 6.45) is 0. The van der Waals surface area contributed by atoms with Crippen LogP contribution in [0.4, 0.5) is 5.69 Å². The van der Waals surface area contributed by atoms with E-state index in [4.69, 9.17) is 4.74 Å². The van der Waals surface area contributed by atoms with Gasteiger partial charge in [0.25, 0.3) is 15.9 Å². The van der Waals surface area contributed by atoms with Crippen molar-refractivity contribution in [2.75, 3.05) is 18.9 Å². The lowest BCUT2D eigenvalue weighted by molar-refractivity contribution is 0.0784. The number of carbonyl (C=O) groups is 1. The number of rotatable bonds is 7. The third kappa shape index (κ3) is 4.80. The Bertz CT molecular complexity index is 1130. The number of anilines is 1. The molecule has 0 heterocycles. The SMILES string of the molecule is COc1ccc(CN(C)C(=O)c2cccc(NS(=O)(=O)c3ccccc3)c2C)cc1. The Hall–Kier alpha value is -3.32. The van der Waals surface area contributed by atoms with Crippen LogP contribution in [0.3, 0.4) is 0 Å². The van der Waals surface area contributed by atoms with Gasteiger partial charge in [-0.1, -0.05) is 36.4 Å². The quantitative estimate of drug-likeness (QED) is 0.620. The molecule has 6 nitrogen and oxygen atoms in total. The van der Waals surface area contributed by atoms with Gasteiger partial charge in [0, 0.05) is 19.2 Å². The van der Waals surface area contributed by atoms with Crippen LogP contribution in [-0.2, 0) is 16.6 Å². The molecule has 0 fully saturated rings. The molecule has 0 aliphatic heterocycles. The van der Waals surface area contributed by atoms with Crippen molar-refractivity contribution in [2.45, 2.75) is 18.4 Å². The van der Waals surface area contributed by atoms with Crippen molar-refractivity contribution in [3.8, 4) is 5.75 Å². The lowest BCUT2D eigenvalue weighted by Gasteiger charge is -2.20.